The lowest BCUT2D eigenvalue weighted by atomic mass is 10.1. The molecule has 3 aromatic rings. The fraction of sp³-hybridized carbons (Fsp3) is 0.111. The zero-order valence-corrected chi connectivity index (χ0v) is 22.9. The predicted octanol–water partition coefficient (Wildman–Crippen LogP) is 8.53. The SMILES string of the molecule is CCOC(=O)C1=C(O)/C(=C/c2ccc(OCc3ccc(Cl)c(Cl)c3)c(Br)c2)SC1=Nc1ccccc1. The molecule has 0 saturated heterocycles. The molecule has 0 amide bonds. The van der Waals surface area contributed by atoms with Crippen LogP contribution in [-0.2, 0) is 16.1 Å². The van der Waals surface area contributed by atoms with Crippen LogP contribution in [0.4, 0.5) is 5.69 Å². The second-order valence-electron chi connectivity index (χ2n) is 7.53. The normalized spacial score (nSPS) is 15.6. The summed E-state index contributed by atoms with van der Waals surface area (Å²) in [5, 5.41) is 12.2. The van der Waals surface area contributed by atoms with Gasteiger partial charge in [0.2, 0.25) is 0 Å². The van der Waals surface area contributed by atoms with E-state index in [0.29, 0.717) is 38.0 Å². The highest BCUT2D eigenvalue weighted by atomic mass is 79.9. The number of esters is 1. The van der Waals surface area contributed by atoms with Gasteiger partial charge >= 0.3 is 5.97 Å². The van der Waals surface area contributed by atoms with Gasteiger partial charge in [-0.2, -0.15) is 0 Å². The van der Waals surface area contributed by atoms with Crippen molar-refractivity contribution in [3.05, 3.63) is 109 Å². The van der Waals surface area contributed by atoms with Crippen LogP contribution in [0.2, 0.25) is 10.0 Å². The summed E-state index contributed by atoms with van der Waals surface area (Å²) < 4.78 is 11.8. The van der Waals surface area contributed by atoms with Crippen molar-refractivity contribution in [1.29, 1.82) is 0 Å². The summed E-state index contributed by atoms with van der Waals surface area (Å²) >= 11 is 16.8. The number of nitrogens with zero attached hydrogens (tertiary/aromatic N) is 1. The molecule has 3 aromatic carbocycles. The van der Waals surface area contributed by atoms with Gasteiger partial charge in [0.25, 0.3) is 0 Å². The first-order chi connectivity index (χ1) is 17.4. The molecule has 1 N–H and O–H groups in total. The molecule has 0 bridgehead atoms. The Kier molecular flexibility index (Phi) is 8.80. The monoisotopic (exact) mass is 603 g/mol. The second-order valence-corrected chi connectivity index (χ2v) is 10.2. The molecule has 0 unspecified atom stereocenters. The average Bonchev–Trinajstić information content (AvgIpc) is 3.15. The lowest BCUT2D eigenvalue weighted by molar-refractivity contribution is -0.138. The van der Waals surface area contributed by atoms with Crippen molar-refractivity contribution in [2.45, 2.75) is 13.5 Å². The van der Waals surface area contributed by atoms with Crippen molar-refractivity contribution >= 4 is 73.7 Å². The summed E-state index contributed by atoms with van der Waals surface area (Å²) in [6.45, 7) is 2.22. The van der Waals surface area contributed by atoms with E-state index in [9.17, 15) is 9.90 Å². The van der Waals surface area contributed by atoms with Gasteiger partial charge in [0, 0.05) is 0 Å². The van der Waals surface area contributed by atoms with E-state index in [4.69, 9.17) is 32.7 Å². The van der Waals surface area contributed by atoms with E-state index in [2.05, 4.69) is 20.9 Å². The summed E-state index contributed by atoms with van der Waals surface area (Å²) in [5.41, 5.74) is 2.40. The van der Waals surface area contributed by atoms with Crippen LogP contribution in [0.5, 0.6) is 5.75 Å². The van der Waals surface area contributed by atoms with Crippen molar-refractivity contribution in [3.8, 4) is 5.75 Å². The van der Waals surface area contributed by atoms with E-state index < -0.39 is 5.97 Å². The Hall–Kier alpha value is -2.71. The molecular formula is C27H20BrCl2NO4S. The number of carbonyl (C=O) groups excluding carboxylic acids is 1. The Morgan fingerprint density at radius 2 is 1.86 bits per heavy atom. The van der Waals surface area contributed by atoms with Crippen LogP contribution in [0.1, 0.15) is 18.1 Å². The average molecular weight is 605 g/mol. The van der Waals surface area contributed by atoms with Gasteiger partial charge in [0.1, 0.15) is 28.7 Å². The number of ether oxygens (including phenoxy) is 2. The van der Waals surface area contributed by atoms with Gasteiger partial charge < -0.3 is 14.6 Å². The number of rotatable bonds is 7. The Morgan fingerprint density at radius 3 is 2.56 bits per heavy atom. The molecule has 0 radical (unpaired) electrons. The molecule has 184 valence electrons. The molecule has 0 saturated carbocycles. The number of thioether (sulfide) groups is 1. The molecular weight excluding hydrogens is 585 g/mol. The quantitative estimate of drug-likeness (QED) is 0.274. The molecule has 5 nitrogen and oxygen atoms in total. The summed E-state index contributed by atoms with van der Waals surface area (Å²) in [6.07, 6.45) is 1.78. The van der Waals surface area contributed by atoms with Gasteiger partial charge in [-0.05, 0) is 76.5 Å². The summed E-state index contributed by atoms with van der Waals surface area (Å²) in [5.74, 6) is -0.141. The molecule has 9 heteroatoms. The van der Waals surface area contributed by atoms with Gasteiger partial charge in [0.05, 0.1) is 31.7 Å². The molecule has 1 aliphatic heterocycles. The summed E-state index contributed by atoms with van der Waals surface area (Å²) in [6, 6.07) is 20.1. The Balaban J connectivity index is 1.57. The smallest absolute Gasteiger partial charge is 0.344 e. The Labute approximate surface area is 231 Å². The van der Waals surface area contributed by atoms with Crippen molar-refractivity contribution < 1.29 is 19.4 Å². The largest absolute Gasteiger partial charge is 0.506 e. The lowest BCUT2D eigenvalue weighted by Gasteiger charge is -2.10. The van der Waals surface area contributed by atoms with Crippen molar-refractivity contribution in [2.75, 3.05) is 6.61 Å². The van der Waals surface area contributed by atoms with Gasteiger partial charge in [-0.15, -0.1) is 0 Å². The summed E-state index contributed by atoms with van der Waals surface area (Å²) in [4.78, 5) is 17.6. The van der Waals surface area contributed by atoms with E-state index in [1.807, 2.05) is 54.6 Å². The maximum Gasteiger partial charge on any atom is 0.344 e. The van der Waals surface area contributed by atoms with Gasteiger partial charge in [-0.25, -0.2) is 9.79 Å². The third kappa shape index (κ3) is 6.34. The van der Waals surface area contributed by atoms with E-state index >= 15 is 0 Å². The van der Waals surface area contributed by atoms with E-state index in [1.165, 1.54) is 11.8 Å². The molecule has 36 heavy (non-hydrogen) atoms. The molecule has 0 spiro atoms. The first-order valence-electron chi connectivity index (χ1n) is 10.9. The van der Waals surface area contributed by atoms with Crippen LogP contribution in [0.15, 0.2) is 92.4 Å². The zero-order chi connectivity index (χ0) is 25.7. The van der Waals surface area contributed by atoms with Crippen molar-refractivity contribution in [3.63, 3.8) is 0 Å². The highest BCUT2D eigenvalue weighted by molar-refractivity contribution is 9.10. The number of aliphatic hydroxyl groups excluding tert-OH is 1. The number of para-hydroxylation sites is 1. The maximum absolute atomic E-state index is 12.6. The summed E-state index contributed by atoms with van der Waals surface area (Å²) in [7, 11) is 0. The second kappa shape index (κ2) is 12.0. The van der Waals surface area contributed by atoms with Crippen molar-refractivity contribution in [1.82, 2.24) is 0 Å². The Bertz CT molecular complexity index is 1390. The highest BCUT2D eigenvalue weighted by Crippen LogP contribution is 2.41. The molecule has 0 atom stereocenters. The van der Waals surface area contributed by atoms with Crippen LogP contribution >= 0.6 is 50.9 Å². The zero-order valence-electron chi connectivity index (χ0n) is 19.0. The van der Waals surface area contributed by atoms with Crippen LogP contribution in [0, 0.1) is 0 Å². The van der Waals surface area contributed by atoms with Gasteiger partial charge in [0.15, 0.2) is 0 Å². The lowest BCUT2D eigenvalue weighted by Crippen LogP contribution is -2.12. The number of benzene rings is 3. The number of hydrogen-bond acceptors (Lipinski definition) is 6. The molecule has 0 aliphatic carbocycles. The highest BCUT2D eigenvalue weighted by Gasteiger charge is 2.33. The number of hydrogen-bond donors (Lipinski definition) is 1. The van der Waals surface area contributed by atoms with E-state index in [-0.39, 0.29) is 17.9 Å². The van der Waals surface area contributed by atoms with E-state index in [0.717, 1.165) is 15.6 Å². The van der Waals surface area contributed by atoms with E-state index in [1.54, 1.807) is 25.1 Å². The molecule has 4 rings (SSSR count). The third-order valence-corrected chi connectivity index (χ3v) is 7.37. The van der Waals surface area contributed by atoms with Crippen LogP contribution < -0.4 is 4.74 Å². The van der Waals surface area contributed by atoms with Gasteiger partial charge in [-0.3, -0.25) is 0 Å². The first kappa shape index (κ1) is 26.4. The Morgan fingerprint density at radius 1 is 1.08 bits per heavy atom. The fourth-order valence-corrected chi connectivity index (χ4v) is 5.14. The predicted molar refractivity (Wildman–Crippen MR) is 150 cm³/mol. The maximum atomic E-state index is 12.6. The van der Waals surface area contributed by atoms with Gasteiger partial charge in [-0.1, -0.05) is 65.3 Å². The van der Waals surface area contributed by atoms with Crippen LogP contribution in [-0.4, -0.2) is 22.7 Å². The number of halogens is 3. The standard InChI is InChI=1S/C27H20BrCl2NO4S/c1-2-34-27(33)24-25(32)23(36-26(24)31-18-6-4-3-5-7-18)14-16-9-11-22(19(28)12-16)35-15-17-8-10-20(29)21(30)13-17/h3-14,32H,2,15H2,1H3/b23-14-,31-26?. The molecule has 0 aromatic heterocycles. The third-order valence-electron chi connectivity index (χ3n) is 4.99. The first-order valence-corrected chi connectivity index (χ1v) is 13.2. The van der Waals surface area contributed by atoms with Crippen LogP contribution in [0.3, 0.4) is 0 Å². The molecule has 1 aliphatic rings. The molecule has 0 fully saturated rings. The number of carbonyl (C=O) groups is 1. The van der Waals surface area contributed by atoms with Crippen molar-refractivity contribution in [2.24, 2.45) is 4.99 Å². The number of aliphatic imine (C=N–C) groups is 1. The topological polar surface area (TPSA) is 68.1 Å². The number of aliphatic hydroxyl groups is 1. The molecule has 1 heterocycles. The minimum absolute atomic E-state index is 0.0533. The minimum atomic E-state index is -0.618. The minimum Gasteiger partial charge on any atom is -0.506 e. The van der Waals surface area contributed by atoms with Crippen LogP contribution in [0.25, 0.3) is 6.08 Å². The fourth-order valence-electron chi connectivity index (χ4n) is 3.28.